The molecule has 1 aromatic rings. The van der Waals surface area contributed by atoms with Crippen molar-refractivity contribution in [1.29, 1.82) is 0 Å². The second-order valence-corrected chi connectivity index (χ2v) is 7.10. The molecule has 152 valence electrons. The minimum absolute atomic E-state index is 0. The van der Waals surface area contributed by atoms with Gasteiger partial charge in [-0.1, -0.05) is 12.5 Å². The van der Waals surface area contributed by atoms with E-state index in [0.717, 1.165) is 49.4 Å². The van der Waals surface area contributed by atoms with Gasteiger partial charge in [0.05, 0.1) is 0 Å². The van der Waals surface area contributed by atoms with Crippen molar-refractivity contribution in [3.05, 3.63) is 23.8 Å². The highest BCUT2D eigenvalue weighted by atomic mass is 127. The molecule has 1 saturated heterocycles. The highest BCUT2D eigenvalue weighted by Crippen LogP contribution is 2.32. The third-order valence-corrected chi connectivity index (χ3v) is 5.22. The molecule has 0 aliphatic carbocycles. The maximum Gasteiger partial charge on any atom is 0.231 e. The first-order valence-corrected chi connectivity index (χ1v) is 9.83. The van der Waals surface area contributed by atoms with Crippen molar-refractivity contribution in [3.63, 3.8) is 0 Å². The largest absolute Gasteiger partial charge is 0.454 e. The van der Waals surface area contributed by atoms with Gasteiger partial charge in [-0.3, -0.25) is 4.99 Å². The van der Waals surface area contributed by atoms with Gasteiger partial charge in [-0.25, -0.2) is 0 Å². The monoisotopic (exact) mass is 488 g/mol. The average Bonchev–Trinajstić information content (AvgIpc) is 3.13. The summed E-state index contributed by atoms with van der Waals surface area (Å²) in [5.74, 6) is 2.55. The molecular formula is C20H33IN4O2. The van der Waals surface area contributed by atoms with Crippen molar-refractivity contribution in [2.45, 2.75) is 45.1 Å². The number of likely N-dealkylation sites (tertiary alicyclic amines) is 1. The van der Waals surface area contributed by atoms with Crippen LogP contribution in [0.2, 0.25) is 0 Å². The minimum atomic E-state index is 0. The number of benzene rings is 1. The van der Waals surface area contributed by atoms with E-state index in [4.69, 9.17) is 9.47 Å². The molecule has 1 atom stereocenters. The number of nitrogens with one attached hydrogen (secondary N) is 2. The predicted octanol–water partition coefficient (Wildman–Crippen LogP) is 3.01. The van der Waals surface area contributed by atoms with E-state index in [1.807, 2.05) is 13.1 Å². The summed E-state index contributed by atoms with van der Waals surface area (Å²) in [4.78, 5) is 6.92. The molecule has 2 aliphatic rings. The summed E-state index contributed by atoms with van der Waals surface area (Å²) in [6, 6.07) is 6.86. The van der Waals surface area contributed by atoms with E-state index in [0.29, 0.717) is 6.79 Å². The van der Waals surface area contributed by atoms with Gasteiger partial charge in [0.15, 0.2) is 17.5 Å². The van der Waals surface area contributed by atoms with Gasteiger partial charge in [-0.05, 0) is 56.8 Å². The molecule has 2 aliphatic heterocycles. The van der Waals surface area contributed by atoms with Crippen LogP contribution in [0.5, 0.6) is 11.5 Å². The quantitative estimate of drug-likeness (QED) is 0.268. The van der Waals surface area contributed by atoms with Crippen molar-refractivity contribution in [1.82, 2.24) is 15.5 Å². The zero-order chi connectivity index (χ0) is 18.2. The number of ether oxygens (including phenoxy) is 2. The maximum absolute atomic E-state index is 5.43. The number of halogens is 1. The standard InChI is InChI=1S/C20H32N4O2.HI/c1-16-6-3-4-12-24(16)13-5-10-22-20(21-2)23-11-9-17-7-8-18-19(14-17)26-15-25-18;/h7-8,14,16H,3-6,9-13,15H2,1-2H3,(H2,21,22,23);1H. The van der Waals surface area contributed by atoms with Crippen molar-refractivity contribution in [3.8, 4) is 11.5 Å². The highest BCUT2D eigenvalue weighted by Gasteiger charge is 2.17. The third-order valence-electron chi connectivity index (χ3n) is 5.22. The van der Waals surface area contributed by atoms with Gasteiger partial charge >= 0.3 is 0 Å². The number of aliphatic imine (C=N–C) groups is 1. The predicted molar refractivity (Wildman–Crippen MR) is 121 cm³/mol. The van der Waals surface area contributed by atoms with E-state index in [2.05, 4.69) is 39.6 Å². The summed E-state index contributed by atoms with van der Waals surface area (Å²) >= 11 is 0. The molecular weight excluding hydrogens is 455 g/mol. The van der Waals surface area contributed by atoms with Gasteiger partial charge in [-0.2, -0.15) is 0 Å². The first-order valence-electron chi connectivity index (χ1n) is 9.83. The Morgan fingerprint density at radius 3 is 2.81 bits per heavy atom. The molecule has 6 nitrogen and oxygen atoms in total. The van der Waals surface area contributed by atoms with Crippen molar-refractivity contribution >= 4 is 29.9 Å². The Kier molecular flexibility index (Phi) is 9.47. The van der Waals surface area contributed by atoms with Crippen LogP contribution in [0, 0.1) is 0 Å². The van der Waals surface area contributed by atoms with Crippen LogP contribution in [-0.2, 0) is 6.42 Å². The number of piperidine rings is 1. The van der Waals surface area contributed by atoms with Crippen LogP contribution in [0.1, 0.15) is 38.2 Å². The smallest absolute Gasteiger partial charge is 0.231 e. The maximum atomic E-state index is 5.43. The number of guanidine groups is 1. The fourth-order valence-electron chi connectivity index (χ4n) is 3.62. The SMILES string of the molecule is CN=C(NCCCN1CCCCC1C)NCCc1ccc2c(c1)OCO2.I. The summed E-state index contributed by atoms with van der Waals surface area (Å²) in [5.41, 5.74) is 1.23. The van der Waals surface area contributed by atoms with Crippen LogP contribution in [0.3, 0.4) is 0 Å². The molecule has 0 aromatic heterocycles. The summed E-state index contributed by atoms with van der Waals surface area (Å²) in [7, 11) is 1.82. The molecule has 0 bridgehead atoms. The van der Waals surface area contributed by atoms with Gasteiger partial charge in [0.1, 0.15) is 0 Å². The summed E-state index contributed by atoms with van der Waals surface area (Å²) < 4.78 is 10.8. The molecule has 7 heteroatoms. The first-order chi connectivity index (χ1) is 12.8. The van der Waals surface area contributed by atoms with Gasteiger partial charge < -0.3 is 25.0 Å². The zero-order valence-corrected chi connectivity index (χ0v) is 18.8. The van der Waals surface area contributed by atoms with Gasteiger partial charge in [0, 0.05) is 32.7 Å². The highest BCUT2D eigenvalue weighted by molar-refractivity contribution is 14.0. The zero-order valence-electron chi connectivity index (χ0n) is 16.5. The van der Waals surface area contributed by atoms with Crippen LogP contribution in [0.25, 0.3) is 0 Å². The lowest BCUT2D eigenvalue weighted by molar-refractivity contribution is 0.159. The fourth-order valence-corrected chi connectivity index (χ4v) is 3.62. The Labute approximate surface area is 180 Å². The van der Waals surface area contributed by atoms with Crippen LogP contribution in [0.4, 0.5) is 0 Å². The van der Waals surface area contributed by atoms with Gasteiger partial charge in [0.25, 0.3) is 0 Å². The molecule has 0 spiro atoms. The first kappa shape index (κ1) is 22.1. The summed E-state index contributed by atoms with van der Waals surface area (Å²) in [6.07, 6.45) is 6.14. The molecule has 1 fully saturated rings. The molecule has 0 amide bonds. The molecule has 1 unspecified atom stereocenters. The van der Waals surface area contributed by atoms with Gasteiger partial charge in [0.2, 0.25) is 6.79 Å². The second kappa shape index (κ2) is 11.6. The number of fused-ring (bicyclic) bond motifs is 1. The summed E-state index contributed by atoms with van der Waals surface area (Å²) in [5, 5.41) is 6.81. The van der Waals surface area contributed by atoms with E-state index >= 15 is 0 Å². The molecule has 1 aromatic carbocycles. The summed E-state index contributed by atoms with van der Waals surface area (Å²) in [6.45, 7) is 6.88. The lowest BCUT2D eigenvalue weighted by atomic mass is 10.0. The number of rotatable bonds is 7. The van der Waals surface area contributed by atoms with Gasteiger partial charge in [-0.15, -0.1) is 24.0 Å². The van der Waals surface area contributed by atoms with E-state index in [1.54, 1.807) is 0 Å². The fraction of sp³-hybridized carbons (Fsp3) is 0.650. The minimum Gasteiger partial charge on any atom is -0.454 e. The Morgan fingerprint density at radius 1 is 1.19 bits per heavy atom. The number of nitrogens with zero attached hydrogens (tertiary/aromatic N) is 2. The van der Waals surface area contributed by atoms with Crippen LogP contribution in [0.15, 0.2) is 23.2 Å². The van der Waals surface area contributed by atoms with E-state index in [-0.39, 0.29) is 24.0 Å². The number of hydrogen-bond acceptors (Lipinski definition) is 4. The van der Waals surface area contributed by atoms with Crippen LogP contribution >= 0.6 is 24.0 Å². The molecule has 2 heterocycles. The molecule has 0 radical (unpaired) electrons. The number of hydrogen-bond donors (Lipinski definition) is 2. The molecule has 2 N–H and O–H groups in total. The van der Waals surface area contributed by atoms with Crippen molar-refractivity contribution in [2.24, 2.45) is 4.99 Å². The van der Waals surface area contributed by atoms with Crippen LogP contribution in [-0.4, -0.2) is 56.9 Å². The molecule has 27 heavy (non-hydrogen) atoms. The Morgan fingerprint density at radius 2 is 2.00 bits per heavy atom. The van der Waals surface area contributed by atoms with Crippen molar-refractivity contribution < 1.29 is 9.47 Å². The lowest BCUT2D eigenvalue weighted by Crippen LogP contribution is -2.41. The van der Waals surface area contributed by atoms with E-state index in [9.17, 15) is 0 Å². The average molecular weight is 488 g/mol. The van der Waals surface area contributed by atoms with E-state index < -0.39 is 0 Å². The van der Waals surface area contributed by atoms with Crippen molar-refractivity contribution in [2.75, 3.05) is 40.0 Å². The Bertz CT molecular complexity index is 612. The van der Waals surface area contributed by atoms with E-state index in [1.165, 1.54) is 37.9 Å². The molecule has 3 rings (SSSR count). The molecule has 0 saturated carbocycles. The Hall–Kier alpha value is -1.22. The third kappa shape index (κ3) is 6.71. The lowest BCUT2D eigenvalue weighted by Gasteiger charge is -2.33. The topological polar surface area (TPSA) is 58.1 Å². The Balaban J connectivity index is 0.00000261. The normalized spacial score (nSPS) is 19.5. The second-order valence-electron chi connectivity index (χ2n) is 7.10. The van der Waals surface area contributed by atoms with Crippen LogP contribution < -0.4 is 20.1 Å².